The Morgan fingerprint density at radius 2 is 1.80 bits per heavy atom. The summed E-state index contributed by atoms with van der Waals surface area (Å²) in [5.74, 6) is -0.670. The van der Waals surface area contributed by atoms with Crippen molar-refractivity contribution < 1.29 is 85.3 Å². The number of allylic oxidation sites excluding steroid dienone is 2. The fourth-order valence-corrected chi connectivity index (χ4v) is 10.4. The zero-order valence-electron chi connectivity index (χ0n) is 35.1. The van der Waals surface area contributed by atoms with Crippen LogP contribution in [0.1, 0.15) is 78.4 Å². The second kappa shape index (κ2) is 23.6. The van der Waals surface area contributed by atoms with Crippen molar-refractivity contribution in [3.05, 3.63) is 24.8 Å². The van der Waals surface area contributed by atoms with Gasteiger partial charge in [-0.15, -0.1) is 0 Å². The molecule has 2 aliphatic rings. The number of rotatable bonds is 26. The van der Waals surface area contributed by atoms with E-state index < -0.39 is 84.6 Å². The van der Waals surface area contributed by atoms with Crippen LogP contribution in [0.5, 0.6) is 0 Å². The number of phosphoric acid groups is 3. The Kier molecular flexibility index (Phi) is 19.8. The quantitative estimate of drug-likeness (QED) is 0.0440. The highest BCUT2D eigenvalue weighted by atomic mass is 32.2. The van der Waals surface area contributed by atoms with E-state index in [-0.39, 0.29) is 59.2 Å². The molecule has 4 rings (SSSR count). The number of carbonyl (C=O) groups is 4. The molecule has 2 aromatic heterocycles. The molecule has 1 saturated heterocycles. The Labute approximate surface area is 372 Å². The van der Waals surface area contributed by atoms with Crippen LogP contribution < -0.4 is 35.9 Å². The number of hydrogen-bond donors (Lipinski definition) is 5. The van der Waals surface area contributed by atoms with Crippen molar-refractivity contribution in [3.63, 3.8) is 0 Å². The van der Waals surface area contributed by atoms with Crippen molar-refractivity contribution in [1.29, 1.82) is 0 Å². The molecule has 6 N–H and O–H groups in total. The van der Waals surface area contributed by atoms with Crippen molar-refractivity contribution in [2.24, 2.45) is 17.3 Å². The van der Waals surface area contributed by atoms with Gasteiger partial charge in [0.1, 0.15) is 42.0 Å². The van der Waals surface area contributed by atoms with Crippen LogP contribution in [0.3, 0.4) is 0 Å². The van der Waals surface area contributed by atoms with Gasteiger partial charge in [-0.05, 0) is 38.0 Å². The van der Waals surface area contributed by atoms with Crippen LogP contribution in [-0.4, -0.2) is 109 Å². The maximum Gasteiger partial charge on any atom is 0.274 e. The minimum atomic E-state index is -5.93. The molecule has 1 saturated carbocycles. The Hall–Kier alpha value is -3.03. The number of nitrogens with one attached hydrogen (secondary N) is 2. The molecular formula is C35H52N7O18P3S-4. The molecule has 9 atom stereocenters. The number of phosphoric ester groups is 3. The molecule has 2 fully saturated rings. The number of amides is 2. The number of fused-ring (bicyclic) bond motifs is 1. The van der Waals surface area contributed by atoms with E-state index in [4.69, 9.17) is 10.5 Å². The third kappa shape index (κ3) is 16.1. The fraction of sp³-hybridized carbons (Fsp3) is 0.686. The number of aliphatic hydroxyl groups is 2. The van der Waals surface area contributed by atoms with Crippen LogP contribution in [-0.2, 0) is 55.5 Å². The van der Waals surface area contributed by atoms with Crippen molar-refractivity contribution >= 4 is 74.9 Å². The first kappa shape index (κ1) is 53.6. The molecule has 1 aliphatic carbocycles. The van der Waals surface area contributed by atoms with Gasteiger partial charge in [-0.25, -0.2) is 19.3 Å². The van der Waals surface area contributed by atoms with Gasteiger partial charge in [-0.3, -0.25) is 32.9 Å². The minimum absolute atomic E-state index is 0.0163. The third-order valence-corrected chi connectivity index (χ3v) is 14.2. The third-order valence-electron chi connectivity index (χ3n) is 10.2. The number of nitrogen functional groups attached to an aromatic ring is 1. The summed E-state index contributed by atoms with van der Waals surface area (Å²) in [7, 11) is -17.6. The summed E-state index contributed by atoms with van der Waals surface area (Å²) < 4.78 is 60.7. The normalized spacial score (nSPS) is 24.2. The largest absolute Gasteiger partial charge is 0.790 e. The first-order chi connectivity index (χ1) is 29.9. The molecule has 25 nitrogen and oxygen atoms in total. The number of anilines is 1. The molecule has 0 aromatic carbocycles. The summed E-state index contributed by atoms with van der Waals surface area (Å²) in [5, 5.41) is 26.3. The molecule has 0 spiro atoms. The van der Waals surface area contributed by atoms with Gasteiger partial charge in [0.25, 0.3) is 15.6 Å². The lowest BCUT2D eigenvalue weighted by atomic mass is 9.87. The summed E-state index contributed by atoms with van der Waals surface area (Å²) >= 11 is 1.08. The van der Waals surface area contributed by atoms with Gasteiger partial charge < -0.3 is 69.0 Å². The minimum Gasteiger partial charge on any atom is -0.790 e. The number of thioether (sulfide) groups is 1. The average molecular weight is 984 g/mol. The van der Waals surface area contributed by atoms with E-state index in [1.165, 1.54) is 13.8 Å². The first-order valence-electron chi connectivity index (χ1n) is 20.1. The van der Waals surface area contributed by atoms with Gasteiger partial charge >= 0.3 is 0 Å². The van der Waals surface area contributed by atoms with E-state index in [1.807, 2.05) is 6.92 Å². The highest BCUT2D eigenvalue weighted by Gasteiger charge is 2.47. The SMILES string of the molecule is CC/C=C\C[C@@H]1C(=O)CC[C@@H]1CCCC(=O)SCCNC(=O)CCNC(=O)[C@H](O)C(C)(C)COP(=O)([O-])OP(=O)([O-])OC[C@H]1O[C@@H](n2cnc3c(N)ncnc32)[C@H](O)[C@@H]1OP(=O)([O-])[O-]. The second-order valence-corrected chi connectivity index (χ2v) is 20.8. The summed E-state index contributed by atoms with van der Waals surface area (Å²) in [6.07, 6.45) is 1.36. The predicted octanol–water partition coefficient (Wildman–Crippen LogP) is -0.741. The van der Waals surface area contributed by atoms with E-state index in [0.29, 0.717) is 25.0 Å². The number of carbonyl (C=O) groups excluding carboxylic acids is 4. The molecule has 0 bridgehead atoms. The lowest BCUT2D eigenvalue weighted by Crippen LogP contribution is -2.46. The maximum absolute atomic E-state index is 12.6. The molecule has 2 unspecified atom stereocenters. The molecule has 64 heavy (non-hydrogen) atoms. The zero-order chi connectivity index (χ0) is 47.5. The summed E-state index contributed by atoms with van der Waals surface area (Å²) in [4.78, 5) is 109. The number of aromatic nitrogens is 4. The van der Waals surface area contributed by atoms with E-state index >= 15 is 0 Å². The Morgan fingerprint density at radius 3 is 2.50 bits per heavy atom. The lowest BCUT2D eigenvalue weighted by molar-refractivity contribution is -0.347. The average Bonchev–Trinajstić information content (AvgIpc) is 3.89. The second-order valence-electron chi connectivity index (χ2n) is 15.6. The first-order valence-corrected chi connectivity index (χ1v) is 25.5. The van der Waals surface area contributed by atoms with Gasteiger partial charge in [-0.2, -0.15) is 0 Å². The molecule has 3 heterocycles. The zero-order valence-corrected chi connectivity index (χ0v) is 38.6. The number of ether oxygens (including phenoxy) is 1. The van der Waals surface area contributed by atoms with Gasteiger partial charge in [0, 0.05) is 49.4 Å². The predicted molar refractivity (Wildman–Crippen MR) is 217 cm³/mol. The Morgan fingerprint density at radius 1 is 1.08 bits per heavy atom. The molecule has 2 amide bonds. The summed E-state index contributed by atoms with van der Waals surface area (Å²) in [6, 6.07) is 0. The van der Waals surface area contributed by atoms with Gasteiger partial charge in [-0.1, -0.05) is 44.7 Å². The molecular weight excluding hydrogens is 931 g/mol. The van der Waals surface area contributed by atoms with Gasteiger partial charge in [0.2, 0.25) is 11.8 Å². The van der Waals surface area contributed by atoms with E-state index in [1.54, 1.807) is 0 Å². The van der Waals surface area contributed by atoms with Gasteiger partial charge in [0.05, 0.1) is 27.4 Å². The number of hydrogen-bond acceptors (Lipinski definition) is 23. The van der Waals surface area contributed by atoms with E-state index in [9.17, 15) is 62.7 Å². The van der Waals surface area contributed by atoms with Crippen molar-refractivity contribution in [2.45, 2.75) is 103 Å². The van der Waals surface area contributed by atoms with Gasteiger partial charge in [0.15, 0.2) is 22.8 Å². The van der Waals surface area contributed by atoms with Crippen LogP contribution in [0, 0.1) is 17.3 Å². The van der Waals surface area contributed by atoms with Crippen LogP contribution in [0.15, 0.2) is 24.8 Å². The molecule has 2 aromatic rings. The smallest absolute Gasteiger partial charge is 0.274 e. The molecule has 29 heteroatoms. The fourth-order valence-electron chi connectivity index (χ4n) is 6.91. The van der Waals surface area contributed by atoms with Crippen molar-refractivity contribution in [3.8, 4) is 0 Å². The highest BCUT2D eigenvalue weighted by Crippen LogP contribution is 2.56. The summed E-state index contributed by atoms with van der Waals surface area (Å²) in [6.45, 7) is 2.09. The topological polar surface area (TPSA) is 392 Å². The Bertz CT molecular complexity index is 2120. The lowest BCUT2D eigenvalue weighted by Gasteiger charge is -2.36. The Balaban J connectivity index is 1.15. The standard InChI is InChI=1S/C35H56N7O18P3S/c1-4-5-6-9-22-21(11-12-23(22)43)8-7-10-26(45)64-16-15-37-25(44)13-14-38-33(48)30(47)35(2,3)18-57-63(54,55)60-62(52,53)56-17-24-29(59-61(49,50)51)28(46)34(58-24)42-20-41-27-31(36)39-19-40-32(27)42/h5-6,19-22,24,28-30,34,46-47H,4,7-18H2,1-3H3,(H,37,44)(H,38,48)(H,52,53)(H,54,55)(H2,36,39,40)(H2,49,50,51)/p-4/b6-5-/t21-,22-,24+,28+,29+,30-,34+/m0/s1. The van der Waals surface area contributed by atoms with E-state index in [2.05, 4.69) is 55.6 Å². The molecule has 1 aliphatic heterocycles. The van der Waals surface area contributed by atoms with Crippen molar-refractivity contribution in [2.75, 3.05) is 37.8 Å². The number of nitrogens with zero attached hydrogens (tertiary/aromatic N) is 4. The van der Waals surface area contributed by atoms with E-state index in [0.717, 1.165) is 54.7 Å². The number of aliphatic hydroxyl groups excluding tert-OH is 2. The van der Waals surface area contributed by atoms with Crippen LogP contribution in [0.2, 0.25) is 0 Å². The van der Waals surface area contributed by atoms with Crippen molar-refractivity contribution in [1.82, 2.24) is 30.2 Å². The molecule has 0 radical (unpaired) electrons. The number of nitrogens with two attached hydrogens (primary N) is 1. The maximum atomic E-state index is 12.6. The summed E-state index contributed by atoms with van der Waals surface area (Å²) in [5.41, 5.74) is 4.06. The molecule has 360 valence electrons. The van der Waals surface area contributed by atoms with Crippen LogP contribution >= 0.6 is 35.2 Å². The van der Waals surface area contributed by atoms with Crippen LogP contribution in [0.4, 0.5) is 5.82 Å². The number of ketones is 1. The van der Waals surface area contributed by atoms with Crippen LogP contribution in [0.25, 0.3) is 11.2 Å². The number of Topliss-reactive ketones (excluding diaryl/α,β-unsaturated/α-hetero) is 1. The highest BCUT2D eigenvalue weighted by molar-refractivity contribution is 8.13. The monoisotopic (exact) mass is 983 g/mol. The number of imidazole rings is 1.